The SMILES string of the molecule is CCOC(=O)c1ccc(Nc2cc(C)nc(-n3cc([N+](=O)[O-])cn3)n2)cc1. The molecule has 10 nitrogen and oxygen atoms in total. The zero-order chi connectivity index (χ0) is 19.4. The van der Waals surface area contributed by atoms with E-state index in [0.29, 0.717) is 29.4 Å². The van der Waals surface area contributed by atoms with Crippen LogP contribution < -0.4 is 5.32 Å². The predicted octanol–water partition coefficient (Wildman–Crippen LogP) is 2.80. The Balaban J connectivity index is 1.82. The lowest BCUT2D eigenvalue weighted by atomic mass is 10.2. The van der Waals surface area contributed by atoms with Crippen molar-refractivity contribution in [2.75, 3.05) is 11.9 Å². The summed E-state index contributed by atoms with van der Waals surface area (Å²) in [5.74, 6) is 0.303. The Morgan fingerprint density at radius 2 is 2.04 bits per heavy atom. The maximum Gasteiger partial charge on any atom is 0.338 e. The number of aromatic nitrogens is 4. The molecule has 1 N–H and O–H groups in total. The molecule has 138 valence electrons. The Labute approximate surface area is 154 Å². The largest absolute Gasteiger partial charge is 0.462 e. The van der Waals surface area contributed by atoms with Crippen molar-refractivity contribution in [1.82, 2.24) is 19.7 Å². The van der Waals surface area contributed by atoms with E-state index in [1.807, 2.05) is 0 Å². The van der Waals surface area contributed by atoms with Crippen molar-refractivity contribution in [3.63, 3.8) is 0 Å². The summed E-state index contributed by atoms with van der Waals surface area (Å²) in [5, 5.41) is 17.8. The summed E-state index contributed by atoms with van der Waals surface area (Å²) in [6.07, 6.45) is 2.37. The van der Waals surface area contributed by atoms with E-state index in [2.05, 4.69) is 20.4 Å². The van der Waals surface area contributed by atoms with Crippen LogP contribution >= 0.6 is 0 Å². The fourth-order valence-electron chi connectivity index (χ4n) is 2.29. The van der Waals surface area contributed by atoms with Gasteiger partial charge in [0.15, 0.2) is 0 Å². The second-order valence-corrected chi connectivity index (χ2v) is 5.52. The van der Waals surface area contributed by atoms with Gasteiger partial charge in [0.1, 0.15) is 18.2 Å². The second-order valence-electron chi connectivity index (χ2n) is 5.52. The summed E-state index contributed by atoms with van der Waals surface area (Å²) in [4.78, 5) is 30.5. The first kappa shape index (κ1) is 18.0. The van der Waals surface area contributed by atoms with E-state index in [1.54, 1.807) is 44.2 Å². The first-order valence-electron chi connectivity index (χ1n) is 8.05. The number of nitro groups is 1. The van der Waals surface area contributed by atoms with Gasteiger partial charge in [0.05, 0.1) is 17.1 Å². The van der Waals surface area contributed by atoms with Crippen molar-refractivity contribution < 1.29 is 14.5 Å². The maximum absolute atomic E-state index is 11.7. The van der Waals surface area contributed by atoms with Gasteiger partial charge < -0.3 is 10.1 Å². The number of hydrogen-bond acceptors (Lipinski definition) is 8. The third-order valence-electron chi connectivity index (χ3n) is 3.50. The van der Waals surface area contributed by atoms with Crippen LogP contribution in [-0.2, 0) is 4.74 Å². The molecule has 10 heteroatoms. The van der Waals surface area contributed by atoms with Gasteiger partial charge in [-0.05, 0) is 38.1 Å². The minimum Gasteiger partial charge on any atom is -0.462 e. The van der Waals surface area contributed by atoms with Crippen molar-refractivity contribution in [2.24, 2.45) is 0 Å². The van der Waals surface area contributed by atoms with Crippen molar-refractivity contribution in [2.45, 2.75) is 13.8 Å². The number of carbonyl (C=O) groups excluding carboxylic acids is 1. The van der Waals surface area contributed by atoms with Crippen LogP contribution in [0.15, 0.2) is 42.7 Å². The summed E-state index contributed by atoms with van der Waals surface area (Å²) in [6.45, 7) is 3.84. The number of hydrogen-bond donors (Lipinski definition) is 1. The highest BCUT2D eigenvalue weighted by Crippen LogP contribution is 2.18. The number of ether oxygens (including phenoxy) is 1. The van der Waals surface area contributed by atoms with Crippen molar-refractivity contribution >= 4 is 23.2 Å². The number of carbonyl (C=O) groups is 1. The molecule has 0 spiro atoms. The molecule has 1 aromatic carbocycles. The molecule has 0 unspecified atom stereocenters. The number of rotatable bonds is 6. The van der Waals surface area contributed by atoms with Crippen LogP contribution in [0, 0.1) is 17.0 Å². The molecule has 0 aliphatic carbocycles. The van der Waals surface area contributed by atoms with Gasteiger partial charge in [-0.1, -0.05) is 0 Å². The van der Waals surface area contributed by atoms with E-state index in [-0.39, 0.29) is 17.6 Å². The van der Waals surface area contributed by atoms with Crippen LogP contribution in [-0.4, -0.2) is 37.2 Å². The number of anilines is 2. The third-order valence-corrected chi connectivity index (χ3v) is 3.50. The quantitative estimate of drug-likeness (QED) is 0.400. The Morgan fingerprint density at radius 3 is 2.67 bits per heavy atom. The molecular formula is C17H16N6O4. The molecule has 0 atom stereocenters. The topological polar surface area (TPSA) is 125 Å². The van der Waals surface area contributed by atoms with E-state index in [4.69, 9.17) is 4.74 Å². The molecular weight excluding hydrogens is 352 g/mol. The molecule has 0 bridgehead atoms. The normalized spacial score (nSPS) is 10.4. The fraction of sp³-hybridized carbons (Fsp3) is 0.176. The fourth-order valence-corrected chi connectivity index (χ4v) is 2.29. The third kappa shape index (κ3) is 4.24. The Bertz CT molecular complexity index is 983. The molecule has 27 heavy (non-hydrogen) atoms. The van der Waals surface area contributed by atoms with Gasteiger partial charge in [-0.15, -0.1) is 0 Å². The lowest BCUT2D eigenvalue weighted by molar-refractivity contribution is -0.384. The molecule has 0 radical (unpaired) electrons. The second kappa shape index (κ2) is 7.60. The zero-order valence-electron chi connectivity index (χ0n) is 14.6. The van der Waals surface area contributed by atoms with E-state index >= 15 is 0 Å². The first-order chi connectivity index (χ1) is 13.0. The zero-order valence-corrected chi connectivity index (χ0v) is 14.6. The minimum absolute atomic E-state index is 0.149. The van der Waals surface area contributed by atoms with Gasteiger partial charge in [-0.3, -0.25) is 10.1 Å². The Morgan fingerprint density at radius 1 is 1.30 bits per heavy atom. The lowest BCUT2D eigenvalue weighted by Crippen LogP contribution is -2.06. The van der Waals surface area contributed by atoms with E-state index in [9.17, 15) is 14.9 Å². The standard InChI is InChI=1S/C17H16N6O4/c1-3-27-16(24)12-4-6-13(7-5-12)20-15-8-11(2)19-17(21-15)22-10-14(9-18-22)23(25)26/h4-10H,3H2,1-2H3,(H,19,20,21). The van der Waals surface area contributed by atoms with E-state index in [0.717, 1.165) is 6.20 Å². The highest BCUT2D eigenvalue weighted by atomic mass is 16.6. The molecule has 0 aliphatic heterocycles. The van der Waals surface area contributed by atoms with Crippen LogP contribution in [0.4, 0.5) is 17.2 Å². The summed E-state index contributed by atoms with van der Waals surface area (Å²) in [6, 6.07) is 8.46. The van der Waals surface area contributed by atoms with Gasteiger partial charge in [-0.25, -0.2) is 9.78 Å². The molecule has 2 aromatic heterocycles. The number of benzene rings is 1. The first-order valence-corrected chi connectivity index (χ1v) is 8.05. The molecule has 0 aliphatic rings. The van der Waals surface area contributed by atoms with Gasteiger partial charge in [-0.2, -0.15) is 14.8 Å². The lowest BCUT2D eigenvalue weighted by Gasteiger charge is -2.09. The smallest absolute Gasteiger partial charge is 0.338 e. The average molecular weight is 368 g/mol. The van der Waals surface area contributed by atoms with Crippen LogP contribution in [0.5, 0.6) is 0 Å². The molecule has 0 fully saturated rings. The molecule has 0 amide bonds. The van der Waals surface area contributed by atoms with Crippen molar-refractivity contribution in [3.05, 3.63) is 64.1 Å². The molecule has 3 aromatic rings. The monoisotopic (exact) mass is 368 g/mol. The molecule has 3 rings (SSSR count). The highest BCUT2D eigenvalue weighted by Gasteiger charge is 2.13. The summed E-state index contributed by atoms with van der Waals surface area (Å²) in [7, 11) is 0. The van der Waals surface area contributed by atoms with Crippen LogP contribution in [0.25, 0.3) is 5.95 Å². The Hall–Kier alpha value is -3.82. The number of nitrogens with one attached hydrogen (secondary N) is 1. The van der Waals surface area contributed by atoms with E-state index in [1.165, 1.54) is 10.9 Å². The summed E-state index contributed by atoms with van der Waals surface area (Å²) in [5.41, 5.74) is 1.66. The Kier molecular flexibility index (Phi) is 5.06. The molecule has 0 saturated carbocycles. The van der Waals surface area contributed by atoms with Gasteiger partial charge in [0.2, 0.25) is 0 Å². The van der Waals surface area contributed by atoms with Crippen molar-refractivity contribution in [1.29, 1.82) is 0 Å². The highest BCUT2D eigenvalue weighted by molar-refractivity contribution is 5.89. The molecule has 0 saturated heterocycles. The van der Waals surface area contributed by atoms with Crippen LogP contribution in [0.1, 0.15) is 23.0 Å². The van der Waals surface area contributed by atoms with Crippen molar-refractivity contribution in [3.8, 4) is 5.95 Å². The predicted molar refractivity (Wildman–Crippen MR) is 96.2 cm³/mol. The van der Waals surface area contributed by atoms with Gasteiger partial charge in [0.25, 0.3) is 5.95 Å². The van der Waals surface area contributed by atoms with E-state index < -0.39 is 4.92 Å². The molecule has 2 heterocycles. The number of nitrogens with zero attached hydrogens (tertiary/aromatic N) is 5. The number of esters is 1. The van der Waals surface area contributed by atoms with Crippen LogP contribution in [0.3, 0.4) is 0 Å². The van der Waals surface area contributed by atoms with Gasteiger partial charge >= 0.3 is 11.7 Å². The summed E-state index contributed by atoms with van der Waals surface area (Å²) < 4.78 is 6.18. The minimum atomic E-state index is -0.538. The maximum atomic E-state index is 11.7. The average Bonchev–Trinajstić information content (AvgIpc) is 3.12. The number of aryl methyl sites for hydroxylation is 1. The summed E-state index contributed by atoms with van der Waals surface area (Å²) >= 11 is 0. The van der Waals surface area contributed by atoms with Gasteiger partial charge in [0, 0.05) is 17.4 Å². The van der Waals surface area contributed by atoms with Crippen LogP contribution in [0.2, 0.25) is 0 Å².